The van der Waals surface area contributed by atoms with Gasteiger partial charge < -0.3 is 15.4 Å². The molecule has 1 fully saturated rings. The number of rotatable bonds is 5. The van der Waals surface area contributed by atoms with Crippen molar-refractivity contribution in [2.75, 3.05) is 25.5 Å². The summed E-state index contributed by atoms with van der Waals surface area (Å²) in [4.78, 5) is 26.4. The highest BCUT2D eigenvalue weighted by Crippen LogP contribution is 2.25. The summed E-state index contributed by atoms with van der Waals surface area (Å²) in [6.45, 7) is 2.91. The Bertz CT molecular complexity index is 555. The highest BCUT2D eigenvalue weighted by molar-refractivity contribution is 5.98. The summed E-state index contributed by atoms with van der Waals surface area (Å²) in [5.74, 6) is -0.105. The molecule has 8 nitrogen and oxygen atoms in total. The van der Waals surface area contributed by atoms with Crippen LogP contribution in [0.3, 0.4) is 0 Å². The van der Waals surface area contributed by atoms with Gasteiger partial charge >= 0.3 is 0 Å². The lowest BCUT2D eigenvalue weighted by atomic mass is 10.0. The third-order valence-electron chi connectivity index (χ3n) is 3.50. The lowest BCUT2D eigenvalue weighted by Crippen LogP contribution is -2.40. The standard InChI is InChI=1S/C13H18N4O4/c1-13(4-3-5-21-13)8-16-12(18)9-6-11(14-2)15-7-10(9)17(19)20/h6-7H,3-5,8H2,1-2H3,(H,14,15)(H,16,18). The molecule has 0 spiro atoms. The molecule has 1 atom stereocenters. The number of aromatic nitrogens is 1. The van der Waals surface area contributed by atoms with Crippen molar-refractivity contribution >= 4 is 17.4 Å². The zero-order chi connectivity index (χ0) is 15.5. The minimum absolute atomic E-state index is 0.0130. The summed E-state index contributed by atoms with van der Waals surface area (Å²) in [5, 5.41) is 16.4. The minimum atomic E-state index is -0.616. The molecular formula is C13H18N4O4. The molecular weight excluding hydrogens is 276 g/mol. The van der Waals surface area contributed by atoms with Gasteiger partial charge in [-0.05, 0) is 19.8 Å². The van der Waals surface area contributed by atoms with Gasteiger partial charge in [-0.25, -0.2) is 4.98 Å². The molecule has 1 aromatic heterocycles. The molecule has 8 heteroatoms. The number of nitrogens with zero attached hydrogens (tertiary/aromatic N) is 2. The average molecular weight is 294 g/mol. The van der Waals surface area contributed by atoms with E-state index in [-0.39, 0.29) is 11.3 Å². The van der Waals surface area contributed by atoms with Gasteiger partial charge in [0.2, 0.25) is 0 Å². The Labute approximate surface area is 122 Å². The fraction of sp³-hybridized carbons (Fsp3) is 0.538. The monoisotopic (exact) mass is 294 g/mol. The lowest BCUT2D eigenvalue weighted by molar-refractivity contribution is -0.385. The van der Waals surface area contributed by atoms with Gasteiger partial charge in [-0.1, -0.05) is 0 Å². The zero-order valence-corrected chi connectivity index (χ0v) is 12.0. The molecule has 1 amide bonds. The first-order valence-electron chi connectivity index (χ1n) is 6.69. The number of amides is 1. The Morgan fingerprint density at radius 3 is 2.95 bits per heavy atom. The van der Waals surface area contributed by atoms with Crippen LogP contribution in [0.2, 0.25) is 0 Å². The van der Waals surface area contributed by atoms with Crippen LogP contribution in [0.15, 0.2) is 12.3 Å². The number of carbonyl (C=O) groups excluding carboxylic acids is 1. The average Bonchev–Trinajstić information content (AvgIpc) is 2.91. The summed E-state index contributed by atoms with van der Waals surface area (Å²) in [7, 11) is 1.63. The Morgan fingerprint density at radius 1 is 1.62 bits per heavy atom. The molecule has 2 rings (SSSR count). The van der Waals surface area contributed by atoms with E-state index < -0.39 is 16.4 Å². The van der Waals surface area contributed by atoms with Crippen LogP contribution < -0.4 is 10.6 Å². The van der Waals surface area contributed by atoms with E-state index in [1.54, 1.807) is 7.05 Å². The quantitative estimate of drug-likeness (QED) is 0.626. The van der Waals surface area contributed by atoms with Crippen molar-refractivity contribution in [2.45, 2.75) is 25.4 Å². The maximum absolute atomic E-state index is 12.2. The summed E-state index contributed by atoms with van der Waals surface area (Å²) >= 11 is 0. The normalized spacial score (nSPS) is 21.0. The summed E-state index contributed by atoms with van der Waals surface area (Å²) < 4.78 is 5.58. The van der Waals surface area contributed by atoms with Crippen molar-refractivity contribution in [3.63, 3.8) is 0 Å². The van der Waals surface area contributed by atoms with E-state index in [2.05, 4.69) is 15.6 Å². The van der Waals surface area contributed by atoms with Crippen LogP contribution in [0.4, 0.5) is 11.5 Å². The lowest BCUT2D eigenvalue weighted by Gasteiger charge is -2.23. The molecule has 0 aromatic carbocycles. The first-order chi connectivity index (χ1) is 9.95. The Kier molecular flexibility index (Phi) is 4.37. The van der Waals surface area contributed by atoms with E-state index in [9.17, 15) is 14.9 Å². The smallest absolute Gasteiger partial charge is 0.300 e. The van der Waals surface area contributed by atoms with Gasteiger partial charge in [-0.2, -0.15) is 0 Å². The van der Waals surface area contributed by atoms with Crippen LogP contribution in [0, 0.1) is 10.1 Å². The summed E-state index contributed by atoms with van der Waals surface area (Å²) in [6.07, 6.45) is 2.88. The van der Waals surface area contributed by atoms with Crippen molar-refractivity contribution in [1.82, 2.24) is 10.3 Å². The Balaban J connectivity index is 2.15. The molecule has 114 valence electrons. The minimum Gasteiger partial charge on any atom is -0.373 e. The number of pyridine rings is 1. The van der Waals surface area contributed by atoms with E-state index >= 15 is 0 Å². The van der Waals surface area contributed by atoms with Gasteiger partial charge in [0.15, 0.2) is 0 Å². The predicted molar refractivity (Wildman–Crippen MR) is 76.4 cm³/mol. The second-order valence-electron chi connectivity index (χ2n) is 5.18. The van der Waals surface area contributed by atoms with Crippen LogP contribution in [0.1, 0.15) is 30.1 Å². The number of nitro groups is 1. The third kappa shape index (κ3) is 3.46. The number of anilines is 1. The molecule has 1 aromatic rings. The molecule has 1 aliphatic rings. The molecule has 1 saturated heterocycles. The number of hydrogen-bond acceptors (Lipinski definition) is 6. The molecule has 21 heavy (non-hydrogen) atoms. The number of nitrogens with one attached hydrogen (secondary N) is 2. The second kappa shape index (κ2) is 6.04. The molecule has 0 bridgehead atoms. The van der Waals surface area contributed by atoms with Crippen LogP contribution in [-0.4, -0.2) is 41.6 Å². The molecule has 0 saturated carbocycles. The predicted octanol–water partition coefficient (Wildman–Crippen LogP) is 1.33. The summed E-state index contributed by atoms with van der Waals surface area (Å²) in [5.41, 5.74) is -0.728. The zero-order valence-electron chi connectivity index (χ0n) is 12.0. The van der Waals surface area contributed by atoms with Crippen LogP contribution in [0.25, 0.3) is 0 Å². The largest absolute Gasteiger partial charge is 0.373 e. The van der Waals surface area contributed by atoms with E-state index in [1.165, 1.54) is 6.07 Å². The maximum atomic E-state index is 12.2. The van der Waals surface area contributed by atoms with Crippen molar-refractivity contribution in [1.29, 1.82) is 0 Å². The van der Waals surface area contributed by atoms with Gasteiger partial charge in [-0.3, -0.25) is 14.9 Å². The van der Waals surface area contributed by atoms with Crippen LogP contribution in [0.5, 0.6) is 0 Å². The Morgan fingerprint density at radius 2 is 2.38 bits per heavy atom. The third-order valence-corrected chi connectivity index (χ3v) is 3.50. The van der Waals surface area contributed by atoms with E-state index in [1.807, 2.05) is 6.92 Å². The van der Waals surface area contributed by atoms with Crippen molar-refractivity contribution in [2.24, 2.45) is 0 Å². The first-order valence-corrected chi connectivity index (χ1v) is 6.69. The molecule has 1 aliphatic heterocycles. The van der Waals surface area contributed by atoms with Crippen molar-refractivity contribution < 1.29 is 14.5 Å². The number of carbonyl (C=O) groups is 1. The highest BCUT2D eigenvalue weighted by atomic mass is 16.6. The van der Waals surface area contributed by atoms with Gasteiger partial charge in [0, 0.05) is 26.3 Å². The van der Waals surface area contributed by atoms with Crippen LogP contribution >= 0.6 is 0 Å². The second-order valence-corrected chi connectivity index (χ2v) is 5.18. The molecule has 0 radical (unpaired) electrons. The highest BCUT2D eigenvalue weighted by Gasteiger charge is 2.31. The van der Waals surface area contributed by atoms with Gasteiger partial charge in [0.1, 0.15) is 17.6 Å². The molecule has 1 unspecified atom stereocenters. The van der Waals surface area contributed by atoms with Crippen LogP contribution in [-0.2, 0) is 4.74 Å². The fourth-order valence-corrected chi connectivity index (χ4v) is 2.25. The summed E-state index contributed by atoms with van der Waals surface area (Å²) in [6, 6.07) is 1.37. The molecule has 2 heterocycles. The van der Waals surface area contributed by atoms with E-state index in [0.29, 0.717) is 19.0 Å². The van der Waals surface area contributed by atoms with Gasteiger partial charge in [-0.15, -0.1) is 0 Å². The fourth-order valence-electron chi connectivity index (χ4n) is 2.25. The van der Waals surface area contributed by atoms with Gasteiger partial charge in [0.05, 0.1) is 10.5 Å². The molecule has 2 N–H and O–H groups in total. The Hall–Kier alpha value is -2.22. The first kappa shape index (κ1) is 15.2. The van der Waals surface area contributed by atoms with E-state index in [4.69, 9.17) is 4.74 Å². The van der Waals surface area contributed by atoms with Gasteiger partial charge in [0.25, 0.3) is 11.6 Å². The number of ether oxygens (including phenoxy) is 1. The van der Waals surface area contributed by atoms with Crippen molar-refractivity contribution in [3.8, 4) is 0 Å². The topological polar surface area (TPSA) is 106 Å². The SMILES string of the molecule is CNc1cc(C(=O)NCC2(C)CCCO2)c([N+](=O)[O-])cn1. The van der Waals surface area contributed by atoms with E-state index in [0.717, 1.165) is 19.0 Å². The maximum Gasteiger partial charge on any atom is 0.300 e. The molecule has 0 aliphatic carbocycles. The number of hydrogen-bond donors (Lipinski definition) is 2. The van der Waals surface area contributed by atoms with Crippen molar-refractivity contribution in [3.05, 3.63) is 27.9 Å².